The number of hydrogen-bond acceptors (Lipinski definition) is 4. The van der Waals surface area contributed by atoms with E-state index in [9.17, 15) is 5.11 Å². The summed E-state index contributed by atoms with van der Waals surface area (Å²) >= 11 is 0. The van der Waals surface area contributed by atoms with E-state index in [4.69, 9.17) is 5.73 Å². The molecule has 1 aromatic heterocycles. The van der Waals surface area contributed by atoms with Gasteiger partial charge < -0.3 is 10.8 Å². The fourth-order valence-corrected chi connectivity index (χ4v) is 2.35. The molecule has 2 rings (SSSR count). The number of rotatable bonds is 3. The smallest absolute Gasteiger partial charge is 0.115 e. The van der Waals surface area contributed by atoms with Gasteiger partial charge in [0.15, 0.2) is 0 Å². The van der Waals surface area contributed by atoms with Crippen LogP contribution in [0.25, 0.3) is 0 Å². The second-order valence-corrected chi connectivity index (χ2v) is 4.36. The summed E-state index contributed by atoms with van der Waals surface area (Å²) in [6.07, 6.45) is 7.32. The second kappa shape index (κ2) is 5.37. The van der Waals surface area contributed by atoms with Crippen molar-refractivity contribution < 1.29 is 5.11 Å². The van der Waals surface area contributed by atoms with E-state index in [0.29, 0.717) is 6.54 Å². The number of aromatic nitrogens is 2. The molecule has 1 aliphatic carbocycles. The third-order valence-electron chi connectivity index (χ3n) is 3.30. The van der Waals surface area contributed by atoms with Gasteiger partial charge in [-0.1, -0.05) is 6.42 Å². The molecule has 16 heavy (non-hydrogen) atoms. The predicted octanol–water partition coefficient (Wildman–Crippen LogP) is 0.780. The van der Waals surface area contributed by atoms with Gasteiger partial charge >= 0.3 is 0 Å². The van der Waals surface area contributed by atoms with Gasteiger partial charge in [-0.15, -0.1) is 0 Å². The summed E-state index contributed by atoms with van der Waals surface area (Å²) in [6, 6.07) is 0. The molecule has 1 aromatic rings. The van der Waals surface area contributed by atoms with Crippen LogP contribution in [0, 0.1) is 0 Å². The van der Waals surface area contributed by atoms with E-state index in [0.717, 1.165) is 24.2 Å². The van der Waals surface area contributed by atoms with Gasteiger partial charge in [0, 0.05) is 18.2 Å². The molecule has 0 saturated heterocycles. The van der Waals surface area contributed by atoms with Crippen LogP contribution in [0.4, 0.5) is 0 Å². The molecule has 1 aliphatic rings. The number of aliphatic hydroxyl groups excluding tert-OH is 1. The number of nitrogens with zero attached hydrogens (tertiary/aromatic N) is 2. The first-order valence-corrected chi connectivity index (χ1v) is 6.00. The second-order valence-electron chi connectivity index (χ2n) is 4.36. The van der Waals surface area contributed by atoms with Crippen molar-refractivity contribution in [3.05, 3.63) is 23.3 Å². The lowest BCUT2D eigenvalue weighted by Gasteiger charge is -2.16. The molecule has 0 aliphatic heterocycles. The zero-order chi connectivity index (χ0) is 11.4. The maximum Gasteiger partial charge on any atom is 0.115 e. The molecule has 88 valence electrons. The maximum absolute atomic E-state index is 9.31. The van der Waals surface area contributed by atoms with Crippen LogP contribution in [0.15, 0.2) is 6.33 Å². The van der Waals surface area contributed by atoms with Crippen LogP contribution < -0.4 is 5.73 Å². The van der Waals surface area contributed by atoms with Crippen molar-refractivity contribution >= 4 is 0 Å². The molecule has 4 nitrogen and oxygen atoms in total. The van der Waals surface area contributed by atoms with Gasteiger partial charge in [-0.2, -0.15) is 0 Å². The van der Waals surface area contributed by atoms with Gasteiger partial charge in [-0.25, -0.2) is 9.97 Å². The number of nitrogens with two attached hydrogens (primary N) is 1. The lowest BCUT2D eigenvalue weighted by molar-refractivity contribution is 0.265. The Hall–Kier alpha value is -1.00. The first-order valence-electron chi connectivity index (χ1n) is 6.00. The zero-order valence-electron chi connectivity index (χ0n) is 9.52. The molecular weight excluding hydrogens is 202 g/mol. The largest absolute Gasteiger partial charge is 0.396 e. The SMILES string of the molecule is NCC(CO)c1ncnc2c1CCCCC2. The topological polar surface area (TPSA) is 72.0 Å². The highest BCUT2D eigenvalue weighted by Gasteiger charge is 2.19. The van der Waals surface area contributed by atoms with Gasteiger partial charge in [-0.05, 0) is 31.2 Å². The van der Waals surface area contributed by atoms with Crippen LogP contribution in [0.3, 0.4) is 0 Å². The highest BCUT2D eigenvalue weighted by molar-refractivity contribution is 5.29. The fourth-order valence-electron chi connectivity index (χ4n) is 2.35. The standard InChI is InChI=1S/C12H19N3O/c13-6-9(7-16)12-10-4-2-1-3-5-11(10)14-8-15-12/h8-9,16H,1-7,13H2. The van der Waals surface area contributed by atoms with Gasteiger partial charge in [0.1, 0.15) is 6.33 Å². The highest BCUT2D eigenvalue weighted by atomic mass is 16.3. The van der Waals surface area contributed by atoms with Crippen molar-refractivity contribution in [3.63, 3.8) is 0 Å². The number of aliphatic hydroxyl groups is 1. The maximum atomic E-state index is 9.31. The minimum atomic E-state index is -0.0325. The lowest BCUT2D eigenvalue weighted by atomic mass is 9.97. The van der Waals surface area contributed by atoms with Crippen molar-refractivity contribution in [2.24, 2.45) is 5.73 Å². The first-order chi connectivity index (χ1) is 7.86. The van der Waals surface area contributed by atoms with Crippen molar-refractivity contribution in [2.45, 2.75) is 38.0 Å². The molecule has 0 spiro atoms. The number of hydrogen-bond donors (Lipinski definition) is 2. The summed E-state index contributed by atoms with van der Waals surface area (Å²) in [6.45, 7) is 0.514. The Bertz CT molecular complexity index is 350. The lowest BCUT2D eigenvalue weighted by Crippen LogP contribution is -2.20. The van der Waals surface area contributed by atoms with Gasteiger partial charge in [0.05, 0.1) is 12.3 Å². The van der Waals surface area contributed by atoms with E-state index in [1.165, 1.54) is 24.8 Å². The normalized spacial score (nSPS) is 17.6. The van der Waals surface area contributed by atoms with Crippen LogP contribution in [0.5, 0.6) is 0 Å². The quantitative estimate of drug-likeness (QED) is 0.740. The average Bonchev–Trinajstić information content (AvgIpc) is 2.56. The van der Waals surface area contributed by atoms with E-state index in [2.05, 4.69) is 9.97 Å². The van der Waals surface area contributed by atoms with Crippen molar-refractivity contribution in [1.82, 2.24) is 9.97 Å². The van der Waals surface area contributed by atoms with Crippen LogP contribution in [0.1, 0.15) is 42.1 Å². The molecule has 4 heteroatoms. The Kier molecular flexibility index (Phi) is 3.85. The molecule has 0 saturated carbocycles. The van der Waals surface area contributed by atoms with Crippen molar-refractivity contribution in [3.8, 4) is 0 Å². The van der Waals surface area contributed by atoms with E-state index < -0.39 is 0 Å². The fraction of sp³-hybridized carbons (Fsp3) is 0.667. The number of aryl methyl sites for hydroxylation is 1. The van der Waals surface area contributed by atoms with E-state index in [-0.39, 0.29) is 12.5 Å². The molecule has 1 atom stereocenters. The summed E-state index contributed by atoms with van der Waals surface area (Å²) < 4.78 is 0. The minimum Gasteiger partial charge on any atom is -0.396 e. The van der Waals surface area contributed by atoms with E-state index in [1.807, 2.05) is 0 Å². The third kappa shape index (κ3) is 2.23. The molecule has 0 amide bonds. The Morgan fingerprint density at radius 3 is 2.81 bits per heavy atom. The van der Waals surface area contributed by atoms with Crippen LogP contribution >= 0.6 is 0 Å². The summed E-state index contributed by atoms with van der Waals surface area (Å²) in [5, 5.41) is 9.31. The Morgan fingerprint density at radius 2 is 2.06 bits per heavy atom. The molecule has 0 radical (unpaired) electrons. The minimum absolute atomic E-state index is 0.0325. The molecule has 0 fully saturated rings. The zero-order valence-corrected chi connectivity index (χ0v) is 9.52. The van der Waals surface area contributed by atoms with Gasteiger partial charge in [-0.3, -0.25) is 0 Å². The summed E-state index contributed by atoms with van der Waals surface area (Å²) in [4.78, 5) is 8.68. The molecule has 0 aromatic carbocycles. The third-order valence-corrected chi connectivity index (χ3v) is 3.30. The monoisotopic (exact) mass is 221 g/mol. The van der Waals surface area contributed by atoms with Crippen molar-refractivity contribution in [2.75, 3.05) is 13.2 Å². The molecule has 1 unspecified atom stereocenters. The predicted molar refractivity (Wildman–Crippen MR) is 62.2 cm³/mol. The Labute approximate surface area is 95.9 Å². The van der Waals surface area contributed by atoms with Gasteiger partial charge in [0.2, 0.25) is 0 Å². The highest BCUT2D eigenvalue weighted by Crippen LogP contribution is 2.25. The van der Waals surface area contributed by atoms with Crippen LogP contribution in [-0.2, 0) is 12.8 Å². The van der Waals surface area contributed by atoms with E-state index >= 15 is 0 Å². The Balaban J connectivity index is 2.37. The average molecular weight is 221 g/mol. The molecule has 3 N–H and O–H groups in total. The van der Waals surface area contributed by atoms with Crippen LogP contribution in [0.2, 0.25) is 0 Å². The molecule has 1 heterocycles. The summed E-state index contributed by atoms with van der Waals surface area (Å²) in [7, 11) is 0. The number of fused-ring (bicyclic) bond motifs is 1. The summed E-state index contributed by atoms with van der Waals surface area (Å²) in [5.74, 6) is -0.0325. The van der Waals surface area contributed by atoms with Crippen LogP contribution in [-0.4, -0.2) is 28.2 Å². The summed E-state index contributed by atoms with van der Waals surface area (Å²) in [5.41, 5.74) is 9.04. The molecule has 0 bridgehead atoms. The van der Waals surface area contributed by atoms with Gasteiger partial charge in [0.25, 0.3) is 0 Å². The molecular formula is C12H19N3O. The van der Waals surface area contributed by atoms with Crippen molar-refractivity contribution in [1.29, 1.82) is 0 Å². The first kappa shape index (κ1) is 11.5. The van der Waals surface area contributed by atoms with E-state index in [1.54, 1.807) is 6.33 Å². The Morgan fingerprint density at radius 1 is 1.25 bits per heavy atom.